The Bertz CT molecular complexity index is 738. The first-order chi connectivity index (χ1) is 15.0. The molecule has 0 aromatic carbocycles. The number of likely N-dealkylation sites (tertiary alicyclic amines) is 1. The first kappa shape index (κ1) is 25.9. The molecule has 1 unspecified atom stereocenters. The maximum Gasteiger partial charge on any atom is 0.490 e. The number of aromatic nitrogens is 1. The molecule has 2 aliphatic rings. The predicted octanol–water partition coefficient (Wildman–Crippen LogP) is 2.44. The Morgan fingerprint density at radius 2 is 1.97 bits per heavy atom. The topological polar surface area (TPSA) is 92.2 Å². The molecule has 3 rings (SSSR count). The molecule has 2 saturated heterocycles. The number of ether oxygens (including phenoxy) is 2. The van der Waals surface area contributed by atoms with E-state index in [1.807, 2.05) is 42.1 Å². The fourth-order valence-corrected chi connectivity index (χ4v) is 3.99. The zero-order valence-corrected chi connectivity index (χ0v) is 18.3. The summed E-state index contributed by atoms with van der Waals surface area (Å²) in [6.07, 6.45) is 0.580. The number of amides is 1. The van der Waals surface area contributed by atoms with Crippen molar-refractivity contribution in [2.75, 3.05) is 46.9 Å². The van der Waals surface area contributed by atoms with Crippen LogP contribution in [0, 0.1) is 5.92 Å². The Morgan fingerprint density at radius 3 is 2.50 bits per heavy atom. The van der Waals surface area contributed by atoms with Crippen LogP contribution in [0.1, 0.15) is 25.7 Å². The molecule has 0 bridgehead atoms. The molecule has 32 heavy (non-hydrogen) atoms. The quantitative estimate of drug-likeness (QED) is 0.696. The monoisotopic (exact) mass is 461 g/mol. The Morgan fingerprint density at radius 1 is 1.31 bits per heavy atom. The SMILES string of the molecule is CN(C)CC(=O)N1CCC2(CC1)OCCC2CCOc1ccccn1.O=C(O)C(F)(F)F. The van der Waals surface area contributed by atoms with Gasteiger partial charge in [0.2, 0.25) is 11.8 Å². The summed E-state index contributed by atoms with van der Waals surface area (Å²) in [6.45, 7) is 3.56. The van der Waals surface area contributed by atoms with Crippen LogP contribution in [-0.4, -0.2) is 90.5 Å². The Kier molecular flexibility index (Phi) is 9.26. The van der Waals surface area contributed by atoms with Crippen LogP contribution in [-0.2, 0) is 14.3 Å². The van der Waals surface area contributed by atoms with Gasteiger partial charge in [-0.25, -0.2) is 9.78 Å². The van der Waals surface area contributed by atoms with E-state index in [4.69, 9.17) is 19.4 Å². The van der Waals surface area contributed by atoms with E-state index in [0.717, 1.165) is 45.4 Å². The molecule has 1 atom stereocenters. The van der Waals surface area contributed by atoms with E-state index in [-0.39, 0.29) is 11.5 Å². The molecule has 11 heteroatoms. The van der Waals surface area contributed by atoms with Crippen molar-refractivity contribution in [3.8, 4) is 5.88 Å². The molecule has 2 aliphatic heterocycles. The molecule has 1 spiro atoms. The minimum atomic E-state index is -5.08. The van der Waals surface area contributed by atoms with Crippen LogP contribution in [0.4, 0.5) is 13.2 Å². The van der Waals surface area contributed by atoms with Crippen LogP contribution in [0.25, 0.3) is 0 Å². The molecule has 1 N–H and O–H groups in total. The van der Waals surface area contributed by atoms with Gasteiger partial charge in [-0.1, -0.05) is 6.07 Å². The van der Waals surface area contributed by atoms with E-state index in [2.05, 4.69) is 4.98 Å². The van der Waals surface area contributed by atoms with E-state index in [0.29, 0.717) is 24.9 Å². The number of alkyl halides is 3. The molecule has 0 aliphatic carbocycles. The summed E-state index contributed by atoms with van der Waals surface area (Å²) in [6, 6.07) is 5.71. The maximum absolute atomic E-state index is 12.2. The summed E-state index contributed by atoms with van der Waals surface area (Å²) in [5.41, 5.74) is -0.0671. The summed E-state index contributed by atoms with van der Waals surface area (Å²) < 4.78 is 43.7. The smallest absolute Gasteiger partial charge is 0.478 e. The number of nitrogens with zero attached hydrogens (tertiary/aromatic N) is 3. The summed E-state index contributed by atoms with van der Waals surface area (Å²) in [5, 5.41) is 7.12. The molecule has 180 valence electrons. The highest BCUT2D eigenvalue weighted by molar-refractivity contribution is 5.78. The lowest BCUT2D eigenvalue weighted by molar-refractivity contribution is -0.192. The van der Waals surface area contributed by atoms with Gasteiger partial charge in [-0.3, -0.25) is 4.79 Å². The van der Waals surface area contributed by atoms with Crippen LogP contribution >= 0.6 is 0 Å². The van der Waals surface area contributed by atoms with E-state index >= 15 is 0 Å². The molecule has 3 heterocycles. The molecular weight excluding hydrogens is 431 g/mol. The van der Waals surface area contributed by atoms with E-state index in [1.165, 1.54) is 0 Å². The number of rotatable bonds is 6. The van der Waals surface area contributed by atoms with Gasteiger partial charge in [-0.15, -0.1) is 0 Å². The van der Waals surface area contributed by atoms with Gasteiger partial charge in [-0.2, -0.15) is 13.2 Å². The van der Waals surface area contributed by atoms with Crippen LogP contribution in [0.15, 0.2) is 24.4 Å². The Hall–Kier alpha value is -2.40. The first-order valence-corrected chi connectivity index (χ1v) is 10.4. The number of piperidine rings is 1. The van der Waals surface area contributed by atoms with Gasteiger partial charge in [0.25, 0.3) is 0 Å². The minimum absolute atomic E-state index is 0.0671. The zero-order chi connectivity index (χ0) is 23.8. The second-order valence-corrected chi connectivity index (χ2v) is 8.13. The van der Waals surface area contributed by atoms with Crippen molar-refractivity contribution >= 4 is 11.9 Å². The van der Waals surface area contributed by atoms with Crippen LogP contribution in [0.5, 0.6) is 5.88 Å². The highest BCUT2D eigenvalue weighted by Crippen LogP contribution is 2.42. The largest absolute Gasteiger partial charge is 0.490 e. The average Bonchev–Trinajstić information content (AvgIpc) is 3.10. The normalized spacial score (nSPS) is 20.1. The summed E-state index contributed by atoms with van der Waals surface area (Å²) in [4.78, 5) is 29.2. The van der Waals surface area contributed by atoms with Crippen molar-refractivity contribution in [1.29, 1.82) is 0 Å². The van der Waals surface area contributed by atoms with Crippen LogP contribution < -0.4 is 4.74 Å². The maximum atomic E-state index is 12.2. The third-order valence-corrected chi connectivity index (χ3v) is 5.61. The van der Waals surface area contributed by atoms with E-state index in [1.54, 1.807) is 6.20 Å². The number of carbonyl (C=O) groups is 2. The molecule has 0 saturated carbocycles. The fraction of sp³-hybridized carbons (Fsp3) is 0.667. The summed E-state index contributed by atoms with van der Waals surface area (Å²) in [5.74, 6) is -1.36. The lowest BCUT2D eigenvalue weighted by Gasteiger charge is -2.42. The number of halogens is 3. The van der Waals surface area contributed by atoms with Gasteiger partial charge >= 0.3 is 12.1 Å². The number of hydrogen-bond acceptors (Lipinski definition) is 6. The lowest BCUT2D eigenvalue weighted by Crippen LogP contribution is -2.51. The van der Waals surface area contributed by atoms with Crippen molar-refractivity contribution in [3.63, 3.8) is 0 Å². The van der Waals surface area contributed by atoms with Crippen molar-refractivity contribution in [2.45, 2.75) is 37.5 Å². The molecule has 1 aromatic heterocycles. The lowest BCUT2D eigenvalue weighted by atomic mass is 9.78. The van der Waals surface area contributed by atoms with E-state index in [9.17, 15) is 18.0 Å². The van der Waals surface area contributed by atoms with Gasteiger partial charge in [-0.05, 0) is 51.8 Å². The molecular formula is C21H30F3N3O5. The number of aliphatic carboxylic acids is 1. The van der Waals surface area contributed by atoms with E-state index < -0.39 is 12.1 Å². The zero-order valence-electron chi connectivity index (χ0n) is 18.3. The second kappa shape index (κ2) is 11.5. The molecule has 0 radical (unpaired) electrons. The van der Waals surface area contributed by atoms with Crippen molar-refractivity contribution in [2.24, 2.45) is 5.92 Å². The highest BCUT2D eigenvalue weighted by atomic mass is 19.4. The standard InChI is InChI=1S/C19H29N3O3.C2HF3O2/c1-21(2)15-18(23)22-11-8-19(9-12-22)16(7-14-25-19)6-13-24-17-5-3-4-10-20-17;3-2(4,5)1(6)7/h3-5,10,16H,6-9,11-15H2,1-2H3;(H,6,7). The number of carboxylic acid groups (broad SMARTS) is 1. The molecule has 8 nitrogen and oxygen atoms in total. The first-order valence-electron chi connectivity index (χ1n) is 10.4. The summed E-state index contributed by atoms with van der Waals surface area (Å²) >= 11 is 0. The van der Waals surface area contributed by atoms with Crippen molar-refractivity contribution < 1.29 is 37.3 Å². The van der Waals surface area contributed by atoms with Crippen molar-refractivity contribution in [1.82, 2.24) is 14.8 Å². The predicted molar refractivity (Wildman–Crippen MR) is 109 cm³/mol. The van der Waals surface area contributed by atoms with Gasteiger partial charge in [0, 0.05) is 32.0 Å². The molecule has 1 aromatic rings. The Labute approximate surface area is 185 Å². The van der Waals surface area contributed by atoms with Gasteiger partial charge in [0.1, 0.15) is 0 Å². The van der Waals surface area contributed by atoms with Gasteiger partial charge < -0.3 is 24.4 Å². The number of hydrogen-bond donors (Lipinski definition) is 1. The number of carboxylic acids is 1. The van der Waals surface area contributed by atoms with Gasteiger partial charge in [0.05, 0.1) is 18.8 Å². The number of pyridine rings is 1. The van der Waals surface area contributed by atoms with Gasteiger partial charge in [0.15, 0.2) is 0 Å². The highest BCUT2D eigenvalue weighted by Gasteiger charge is 2.46. The van der Waals surface area contributed by atoms with Crippen LogP contribution in [0.2, 0.25) is 0 Å². The fourth-order valence-electron chi connectivity index (χ4n) is 3.99. The van der Waals surface area contributed by atoms with Crippen molar-refractivity contribution in [3.05, 3.63) is 24.4 Å². The Balaban J connectivity index is 0.000000451. The molecule has 2 fully saturated rings. The number of likely N-dealkylation sites (N-methyl/N-ethyl adjacent to an activating group) is 1. The third-order valence-electron chi connectivity index (χ3n) is 5.61. The molecule has 1 amide bonds. The third kappa shape index (κ3) is 7.63. The minimum Gasteiger partial charge on any atom is -0.478 e. The summed E-state index contributed by atoms with van der Waals surface area (Å²) in [7, 11) is 3.86. The average molecular weight is 461 g/mol. The second-order valence-electron chi connectivity index (χ2n) is 8.13. The van der Waals surface area contributed by atoms with Crippen LogP contribution in [0.3, 0.4) is 0 Å². The number of carbonyl (C=O) groups excluding carboxylic acids is 1.